The molecule has 0 saturated heterocycles. The molecule has 13 rings (SSSR count). The van der Waals surface area contributed by atoms with E-state index in [1.807, 2.05) is 0 Å². The molecule has 1 N–H and O–H groups in total. The first kappa shape index (κ1) is 33.9. The molecule has 4 heterocycles. The average Bonchev–Trinajstić information content (AvgIpc) is 3.87. The second-order valence-corrected chi connectivity index (χ2v) is 16.1. The number of nitrogens with zero attached hydrogens (tertiary/aromatic N) is 3. The summed E-state index contributed by atoms with van der Waals surface area (Å²) < 4.78 is 9.47. The Morgan fingerprint density at radius 1 is 0.410 bits per heavy atom. The maximum atomic E-state index is 7.03. The molecule has 0 fully saturated rings. The maximum Gasteiger partial charge on any atom is 0.133 e. The van der Waals surface area contributed by atoms with E-state index in [4.69, 9.17) is 4.74 Å². The predicted molar refractivity (Wildman–Crippen MR) is 249 cm³/mol. The molecule has 9 aromatic carbocycles. The number of fused-ring (bicyclic) bond motifs is 12. The van der Waals surface area contributed by atoms with Crippen LogP contribution in [0.4, 0.5) is 34.1 Å². The number of hydrogen-bond donors (Lipinski definition) is 1. The zero-order valence-electron chi connectivity index (χ0n) is 33.1. The third-order valence-corrected chi connectivity index (χ3v) is 13.0. The Bertz CT molecular complexity index is 3290. The van der Waals surface area contributed by atoms with Crippen LogP contribution >= 0.6 is 0 Å². The number of para-hydroxylation sites is 8. The minimum Gasteiger partial charge on any atom is -0.457 e. The Morgan fingerprint density at radius 3 is 1.74 bits per heavy atom. The molecule has 0 saturated carbocycles. The Kier molecular flexibility index (Phi) is 7.22. The van der Waals surface area contributed by atoms with Gasteiger partial charge in [0.25, 0.3) is 0 Å². The van der Waals surface area contributed by atoms with Gasteiger partial charge in [-0.3, -0.25) is 0 Å². The lowest BCUT2D eigenvalue weighted by molar-refractivity contribution is 0.435. The van der Waals surface area contributed by atoms with Crippen molar-refractivity contribution in [3.63, 3.8) is 0 Å². The summed E-state index contributed by atoms with van der Waals surface area (Å²) in [6.45, 7) is 0. The standard InChI is InChI=1S/C56H38N4O/c1-3-17-38(18-4-1)59-49-27-13-8-22-43(49)56(44-23-9-14-28-50(44)59)45-24-10-16-30-53(45)61-54-35-42-41-21-7-12-26-48(41)58(52(42)36-46(54)56)40-33-31-37(32-34-40)55-57-47-25-11-15-29-51(47)60(55)39-19-5-2-6-20-39/h1-36,55,57H. The third kappa shape index (κ3) is 4.77. The summed E-state index contributed by atoms with van der Waals surface area (Å²) >= 11 is 0. The van der Waals surface area contributed by atoms with Crippen molar-refractivity contribution in [2.24, 2.45) is 0 Å². The third-order valence-electron chi connectivity index (χ3n) is 13.0. The highest BCUT2D eigenvalue weighted by molar-refractivity contribution is 6.10. The van der Waals surface area contributed by atoms with Gasteiger partial charge in [-0.15, -0.1) is 0 Å². The molecule has 0 bridgehead atoms. The summed E-state index contributed by atoms with van der Waals surface area (Å²) in [5.41, 5.74) is 15.5. The van der Waals surface area contributed by atoms with Crippen LogP contribution in [0.2, 0.25) is 0 Å². The molecule has 1 atom stereocenters. The Morgan fingerprint density at radius 2 is 1.00 bits per heavy atom. The van der Waals surface area contributed by atoms with Gasteiger partial charge in [0, 0.05) is 39.0 Å². The minimum absolute atomic E-state index is 0.0574. The summed E-state index contributed by atoms with van der Waals surface area (Å²) in [4.78, 5) is 4.81. The van der Waals surface area contributed by atoms with Gasteiger partial charge < -0.3 is 24.4 Å². The van der Waals surface area contributed by atoms with Gasteiger partial charge in [-0.05, 0) is 102 Å². The SMILES string of the molecule is c1ccc(N2c3ccccc3C3(c4ccccc4Oc4cc5c6ccccc6n(-c6ccc(C7Nc8ccccc8N7c7ccccc7)cc6)c5cc43)c3ccccc32)cc1. The monoisotopic (exact) mass is 782 g/mol. The fourth-order valence-corrected chi connectivity index (χ4v) is 10.5. The summed E-state index contributed by atoms with van der Waals surface area (Å²) in [6, 6.07) is 79.0. The van der Waals surface area contributed by atoms with E-state index in [9.17, 15) is 0 Å². The van der Waals surface area contributed by atoms with Crippen molar-refractivity contribution in [1.29, 1.82) is 0 Å². The van der Waals surface area contributed by atoms with Gasteiger partial charge in [-0.2, -0.15) is 0 Å². The molecule has 5 nitrogen and oxygen atoms in total. The average molecular weight is 783 g/mol. The van der Waals surface area contributed by atoms with Crippen molar-refractivity contribution in [2.75, 3.05) is 15.1 Å². The lowest BCUT2D eigenvalue weighted by Crippen LogP contribution is -2.39. The number of aromatic nitrogens is 1. The van der Waals surface area contributed by atoms with Gasteiger partial charge in [-0.1, -0.05) is 133 Å². The minimum atomic E-state index is -0.675. The van der Waals surface area contributed by atoms with E-state index < -0.39 is 5.41 Å². The number of ether oxygens (including phenoxy) is 1. The summed E-state index contributed by atoms with van der Waals surface area (Å²) in [6.07, 6.45) is -0.0574. The van der Waals surface area contributed by atoms with Gasteiger partial charge in [0.15, 0.2) is 0 Å². The second-order valence-electron chi connectivity index (χ2n) is 16.1. The van der Waals surface area contributed by atoms with Crippen LogP contribution < -0.4 is 19.9 Å². The van der Waals surface area contributed by atoms with Crippen LogP contribution in [0.1, 0.15) is 34.0 Å². The van der Waals surface area contributed by atoms with Gasteiger partial charge >= 0.3 is 0 Å². The Balaban J connectivity index is 1.04. The van der Waals surface area contributed by atoms with Crippen LogP contribution in [-0.2, 0) is 5.41 Å². The molecule has 5 heteroatoms. The largest absolute Gasteiger partial charge is 0.457 e. The number of benzene rings is 9. The van der Waals surface area contributed by atoms with Crippen molar-refractivity contribution in [1.82, 2.24) is 4.57 Å². The van der Waals surface area contributed by atoms with Crippen molar-refractivity contribution in [2.45, 2.75) is 11.6 Å². The molecule has 0 aliphatic carbocycles. The smallest absolute Gasteiger partial charge is 0.133 e. The molecule has 1 spiro atoms. The quantitative estimate of drug-likeness (QED) is 0.193. The van der Waals surface area contributed by atoms with E-state index in [1.165, 1.54) is 27.8 Å². The molecule has 0 amide bonds. The van der Waals surface area contributed by atoms with E-state index in [-0.39, 0.29) is 6.17 Å². The van der Waals surface area contributed by atoms with E-state index in [2.05, 4.69) is 238 Å². The van der Waals surface area contributed by atoms with E-state index in [0.717, 1.165) is 73.2 Å². The molecule has 288 valence electrons. The summed E-state index contributed by atoms with van der Waals surface area (Å²) in [5.74, 6) is 1.74. The molecule has 3 aliphatic heterocycles. The molecular formula is C56H38N4O. The zero-order valence-corrected chi connectivity index (χ0v) is 33.1. The number of nitrogens with one attached hydrogen (secondary N) is 1. The fraction of sp³-hybridized carbons (Fsp3) is 0.0357. The molecule has 1 unspecified atom stereocenters. The highest BCUT2D eigenvalue weighted by Crippen LogP contribution is 2.63. The zero-order chi connectivity index (χ0) is 40.1. The predicted octanol–water partition coefficient (Wildman–Crippen LogP) is 14.3. The lowest BCUT2D eigenvalue weighted by atomic mass is 9.61. The van der Waals surface area contributed by atoms with Crippen molar-refractivity contribution >= 4 is 55.9 Å². The van der Waals surface area contributed by atoms with Gasteiger partial charge in [0.05, 0.1) is 39.2 Å². The first-order chi connectivity index (χ1) is 30.3. The second kappa shape index (κ2) is 13.0. The van der Waals surface area contributed by atoms with Crippen LogP contribution in [0.5, 0.6) is 11.5 Å². The van der Waals surface area contributed by atoms with Crippen molar-refractivity contribution < 1.29 is 4.74 Å². The van der Waals surface area contributed by atoms with Crippen LogP contribution in [0.15, 0.2) is 218 Å². The van der Waals surface area contributed by atoms with Crippen LogP contribution in [0.3, 0.4) is 0 Å². The molecule has 61 heavy (non-hydrogen) atoms. The first-order valence-corrected chi connectivity index (χ1v) is 21.0. The van der Waals surface area contributed by atoms with Gasteiger partial charge in [-0.25, -0.2) is 0 Å². The summed E-state index contributed by atoms with van der Waals surface area (Å²) in [7, 11) is 0. The highest BCUT2D eigenvalue weighted by atomic mass is 16.5. The van der Waals surface area contributed by atoms with Crippen molar-refractivity contribution in [3.8, 4) is 17.2 Å². The molecule has 0 radical (unpaired) electrons. The van der Waals surface area contributed by atoms with Gasteiger partial charge in [0.1, 0.15) is 17.7 Å². The number of anilines is 6. The molecular weight excluding hydrogens is 745 g/mol. The lowest BCUT2D eigenvalue weighted by Gasteiger charge is -2.48. The number of rotatable bonds is 4. The molecule has 1 aromatic heterocycles. The topological polar surface area (TPSA) is 32.7 Å². The first-order valence-electron chi connectivity index (χ1n) is 21.0. The fourth-order valence-electron chi connectivity index (χ4n) is 10.5. The van der Waals surface area contributed by atoms with Crippen LogP contribution in [0.25, 0.3) is 27.5 Å². The van der Waals surface area contributed by atoms with E-state index in [1.54, 1.807) is 0 Å². The molecule has 10 aromatic rings. The van der Waals surface area contributed by atoms with E-state index >= 15 is 0 Å². The van der Waals surface area contributed by atoms with E-state index in [0.29, 0.717) is 0 Å². The Labute approximate surface area is 354 Å². The van der Waals surface area contributed by atoms with Crippen LogP contribution in [-0.4, -0.2) is 4.57 Å². The van der Waals surface area contributed by atoms with Crippen LogP contribution in [0, 0.1) is 0 Å². The van der Waals surface area contributed by atoms with Gasteiger partial charge in [0.2, 0.25) is 0 Å². The van der Waals surface area contributed by atoms with Crippen molar-refractivity contribution in [3.05, 3.63) is 246 Å². The maximum absolute atomic E-state index is 7.03. The normalized spacial score (nSPS) is 15.4. The highest BCUT2D eigenvalue weighted by Gasteiger charge is 2.51. The Hall–Kier alpha value is -8.02. The number of hydrogen-bond acceptors (Lipinski definition) is 4. The summed E-state index contributed by atoms with van der Waals surface area (Å²) in [5, 5.41) is 6.16. The molecule has 3 aliphatic rings.